The van der Waals surface area contributed by atoms with Gasteiger partial charge in [-0.1, -0.05) is 20.8 Å². The third-order valence-electron chi connectivity index (χ3n) is 3.85. The number of hydrogen-bond acceptors (Lipinski definition) is 2. The fraction of sp³-hybridized carbons (Fsp3) is 0.846. The molecule has 1 aliphatic heterocycles. The van der Waals surface area contributed by atoms with E-state index in [0.29, 0.717) is 6.10 Å². The Morgan fingerprint density at radius 2 is 2.06 bits per heavy atom. The number of nitrogens with zero attached hydrogens (tertiary/aromatic N) is 1. The van der Waals surface area contributed by atoms with E-state index in [1.54, 1.807) is 6.08 Å². The second-order valence-electron chi connectivity index (χ2n) is 6.32. The second-order valence-corrected chi connectivity index (χ2v) is 11.1. The Balaban J connectivity index is 2.48. The first-order valence-electron chi connectivity index (χ1n) is 6.41. The molecule has 1 fully saturated rings. The summed E-state index contributed by atoms with van der Waals surface area (Å²) in [6.45, 7) is 12.8. The Labute approximate surface area is 106 Å². The van der Waals surface area contributed by atoms with Crippen LogP contribution in [0.4, 0.5) is 4.39 Å². The van der Waals surface area contributed by atoms with E-state index in [1.165, 1.54) is 0 Å². The van der Waals surface area contributed by atoms with Crippen LogP contribution < -0.4 is 0 Å². The van der Waals surface area contributed by atoms with Crippen LogP contribution in [0.5, 0.6) is 0 Å². The lowest BCUT2D eigenvalue weighted by Crippen LogP contribution is -2.44. The van der Waals surface area contributed by atoms with Crippen LogP contribution in [0.15, 0.2) is 12.3 Å². The first kappa shape index (κ1) is 14.7. The van der Waals surface area contributed by atoms with Crippen molar-refractivity contribution < 1.29 is 8.82 Å². The van der Waals surface area contributed by atoms with Gasteiger partial charge in [-0.3, -0.25) is 0 Å². The molecule has 0 spiro atoms. The average Bonchev–Trinajstić information content (AvgIpc) is 2.60. The standard InChI is InChI=1S/C13H26FNOSi/c1-13(2,3)17(4,5)16-12-7-10-15(11-12)9-6-8-14/h6,9,12H,7-8,10-11H2,1-5H3. The SMILES string of the molecule is CC(C)(C)[Si](C)(C)OC1CCN(C=CCF)C1. The zero-order valence-corrected chi connectivity index (χ0v) is 12.8. The number of likely N-dealkylation sites (tertiary alicyclic amines) is 1. The van der Waals surface area contributed by atoms with Gasteiger partial charge in [0.1, 0.15) is 6.67 Å². The molecule has 4 heteroatoms. The molecule has 1 heterocycles. The molecule has 0 aliphatic carbocycles. The summed E-state index contributed by atoms with van der Waals surface area (Å²) in [7, 11) is -1.66. The maximum Gasteiger partial charge on any atom is 0.192 e. The fourth-order valence-electron chi connectivity index (χ4n) is 1.77. The fourth-order valence-corrected chi connectivity index (χ4v) is 3.15. The van der Waals surface area contributed by atoms with E-state index in [1.807, 2.05) is 6.20 Å². The molecule has 17 heavy (non-hydrogen) atoms. The van der Waals surface area contributed by atoms with Crippen LogP contribution in [-0.4, -0.2) is 39.1 Å². The molecule has 1 saturated heterocycles. The molecule has 100 valence electrons. The summed E-state index contributed by atoms with van der Waals surface area (Å²) in [6, 6.07) is 0. The summed E-state index contributed by atoms with van der Waals surface area (Å²) in [5, 5.41) is 0.259. The molecule has 0 aromatic heterocycles. The largest absolute Gasteiger partial charge is 0.412 e. The molecule has 0 bridgehead atoms. The Morgan fingerprint density at radius 3 is 2.59 bits per heavy atom. The van der Waals surface area contributed by atoms with Gasteiger partial charge in [0, 0.05) is 13.1 Å². The molecule has 0 N–H and O–H groups in total. The van der Waals surface area contributed by atoms with Gasteiger partial charge in [0.25, 0.3) is 0 Å². The quantitative estimate of drug-likeness (QED) is 0.716. The number of halogens is 1. The molecule has 0 saturated carbocycles. The summed E-state index contributed by atoms with van der Waals surface area (Å²) in [6.07, 6.45) is 4.80. The minimum absolute atomic E-state index is 0.259. The average molecular weight is 259 g/mol. The van der Waals surface area contributed by atoms with Gasteiger partial charge >= 0.3 is 0 Å². The highest BCUT2D eigenvalue weighted by molar-refractivity contribution is 6.74. The van der Waals surface area contributed by atoms with Crippen molar-refractivity contribution in [3.05, 3.63) is 12.3 Å². The van der Waals surface area contributed by atoms with E-state index in [2.05, 4.69) is 38.8 Å². The first-order valence-corrected chi connectivity index (χ1v) is 9.31. The Bertz CT molecular complexity index is 273. The van der Waals surface area contributed by atoms with Gasteiger partial charge in [0.2, 0.25) is 0 Å². The van der Waals surface area contributed by atoms with Crippen molar-refractivity contribution in [1.29, 1.82) is 0 Å². The predicted octanol–water partition coefficient (Wildman–Crippen LogP) is 3.57. The lowest BCUT2D eigenvalue weighted by Gasteiger charge is -2.38. The lowest BCUT2D eigenvalue weighted by atomic mass is 10.2. The normalized spacial score (nSPS) is 22.7. The van der Waals surface area contributed by atoms with Crippen molar-refractivity contribution in [2.75, 3.05) is 19.8 Å². The molecule has 0 amide bonds. The minimum Gasteiger partial charge on any atom is -0.412 e. The smallest absolute Gasteiger partial charge is 0.192 e. The summed E-state index contributed by atoms with van der Waals surface area (Å²) < 4.78 is 18.4. The van der Waals surface area contributed by atoms with Crippen LogP contribution in [0.2, 0.25) is 18.1 Å². The molecule has 1 aliphatic rings. The molecule has 2 nitrogen and oxygen atoms in total. The van der Waals surface area contributed by atoms with Crippen LogP contribution in [0.3, 0.4) is 0 Å². The summed E-state index contributed by atoms with van der Waals surface area (Å²) >= 11 is 0. The van der Waals surface area contributed by atoms with E-state index >= 15 is 0 Å². The summed E-state index contributed by atoms with van der Waals surface area (Å²) in [5.41, 5.74) is 0. The van der Waals surface area contributed by atoms with Crippen LogP contribution >= 0.6 is 0 Å². The highest BCUT2D eigenvalue weighted by Gasteiger charge is 2.40. The minimum atomic E-state index is -1.66. The van der Waals surface area contributed by atoms with Gasteiger partial charge < -0.3 is 9.33 Å². The van der Waals surface area contributed by atoms with E-state index in [-0.39, 0.29) is 11.7 Å². The highest BCUT2D eigenvalue weighted by atomic mass is 28.4. The van der Waals surface area contributed by atoms with Crippen molar-refractivity contribution in [1.82, 2.24) is 4.90 Å². The Hall–Kier alpha value is -0.353. The third-order valence-corrected chi connectivity index (χ3v) is 8.38. The molecule has 0 aromatic carbocycles. The van der Waals surface area contributed by atoms with Gasteiger partial charge in [-0.05, 0) is 36.8 Å². The Morgan fingerprint density at radius 1 is 1.41 bits per heavy atom. The molecule has 0 radical (unpaired) electrons. The second kappa shape index (κ2) is 5.53. The molecule has 1 atom stereocenters. The van der Waals surface area contributed by atoms with Gasteiger partial charge in [-0.25, -0.2) is 4.39 Å². The zero-order valence-electron chi connectivity index (χ0n) is 11.8. The van der Waals surface area contributed by atoms with E-state index < -0.39 is 8.32 Å². The van der Waals surface area contributed by atoms with Crippen LogP contribution in [0.1, 0.15) is 27.2 Å². The molecule has 0 aromatic rings. The van der Waals surface area contributed by atoms with Crippen LogP contribution in [0, 0.1) is 0 Å². The van der Waals surface area contributed by atoms with Crippen LogP contribution in [-0.2, 0) is 4.43 Å². The van der Waals surface area contributed by atoms with Crippen molar-refractivity contribution in [2.24, 2.45) is 0 Å². The van der Waals surface area contributed by atoms with E-state index in [4.69, 9.17) is 4.43 Å². The topological polar surface area (TPSA) is 12.5 Å². The third kappa shape index (κ3) is 4.10. The van der Waals surface area contributed by atoms with Crippen molar-refractivity contribution in [3.8, 4) is 0 Å². The predicted molar refractivity (Wildman–Crippen MR) is 73.4 cm³/mol. The maximum absolute atomic E-state index is 12.0. The zero-order chi connectivity index (χ0) is 13.1. The summed E-state index contributed by atoms with van der Waals surface area (Å²) in [4.78, 5) is 2.15. The number of hydrogen-bond donors (Lipinski definition) is 0. The van der Waals surface area contributed by atoms with E-state index in [0.717, 1.165) is 19.5 Å². The van der Waals surface area contributed by atoms with Gasteiger partial charge in [0.05, 0.1) is 6.10 Å². The monoisotopic (exact) mass is 259 g/mol. The molecule has 1 unspecified atom stereocenters. The molecule has 1 rings (SSSR count). The van der Waals surface area contributed by atoms with Crippen molar-refractivity contribution in [2.45, 2.75) is 51.4 Å². The number of alkyl halides is 1. The first-order chi connectivity index (χ1) is 7.76. The van der Waals surface area contributed by atoms with Crippen molar-refractivity contribution >= 4 is 8.32 Å². The molecular formula is C13H26FNOSi. The number of rotatable bonds is 4. The van der Waals surface area contributed by atoms with Gasteiger partial charge in [0.15, 0.2) is 8.32 Å². The lowest BCUT2D eigenvalue weighted by molar-refractivity contribution is 0.190. The Kier molecular flexibility index (Phi) is 4.78. The van der Waals surface area contributed by atoms with Crippen LogP contribution in [0.25, 0.3) is 0 Å². The van der Waals surface area contributed by atoms with E-state index in [9.17, 15) is 4.39 Å². The van der Waals surface area contributed by atoms with Gasteiger partial charge in [-0.15, -0.1) is 0 Å². The van der Waals surface area contributed by atoms with Crippen molar-refractivity contribution in [3.63, 3.8) is 0 Å². The summed E-state index contributed by atoms with van der Waals surface area (Å²) in [5.74, 6) is 0. The molecular weight excluding hydrogens is 233 g/mol. The maximum atomic E-state index is 12.0. The highest BCUT2D eigenvalue weighted by Crippen LogP contribution is 2.38. The number of allylic oxidation sites excluding steroid dienone is 1. The van der Waals surface area contributed by atoms with Gasteiger partial charge in [-0.2, -0.15) is 0 Å².